The molecule has 17 heavy (non-hydrogen) atoms. The van der Waals surface area contributed by atoms with Crippen LogP contribution in [-0.2, 0) is 0 Å². The third-order valence-corrected chi connectivity index (χ3v) is 4.08. The maximum Gasteiger partial charge on any atom is 0.317 e. The standard InChI is InChI=1S/C12H24N4O/c1-9(3-5-13)16-8-11(14-12(16)17)10-4-6-15(2)7-10/h9-11H,3-8,13H2,1-2H3,(H,14,17). The van der Waals surface area contributed by atoms with Crippen LogP contribution in [0, 0.1) is 5.92 Å². The zero-order chi connectivity index (χ0) is 12.4. The highest BCUT2D eigenvalue weighted by molar-refractivity contribution is 5.77. The van der Waals surface area contributed by atoms with E-state index in [2.05, 4.69) is 24.2 Å². The van der Waals surface area contributed by atoms with Crippen molar-refractivity contribution in [2.24, 2.45) is 11.7 Å². The SMILES string of the molecule is CC(CCN)N1CC(C2CCN(C)C2)NC1=O. The molecule has 2 amide bonds. The molecule has 0 aromatic rings. The number of rotatable bonds is 4. The van der Waals surface area contributed by atoms with Crippen molar-refractivity contribution in [3.05, 3.63) is 0 Å². The van der Waals surface area contributed by atoms with Gasteiger partial charge in [0.2, 0.25) is 0 Å². The Labute approximate surface area is 103 Å². The number of hydrogen-bond donors (Lipinski definition) is 2. The molecule has 2 heterocycles. The maximum atomic E-state index is 11.9. The predicted molar refractivity (Wildman–Crippen MR) is 67.8 cm³/mol. The van der Waals surface area contributed by atoms with Gasteiger partial charge in [-0.1, -0.05) is 0 Å². The van der Waals surface area contributed by atoms with Gasteiger partial charge in [-0.3, -0.25) is 0 Å². The van der Waals surface area contributed by atoms with Gasteiger partial charge in [0.1, 0.15) is 0 Å². The largest absolute Gasteiger partial charge is 0.333 e. The minimum Gasteiger partial charge on any atom is -0.333 e. The molecule has 2 aliphatic heterocycles. The molecular formula is C12H24N4O. The van der Waals surface area contributed by atoms with Crippen LogP contribution in [0.1, 0.15) is 19.8 Å². The van der Waals surface area contributed by atoms with E-state index in [4.69, 9.17) is 5.73 Å². The Morgan fingerprint density at radius 2 is 2.29 bits per heavy atom. The molecule has 3 atom stereocenters. The summed E-state index contributed by atoms with van der Waals surface area (Å²) < 4.78 is 0. The first-order valence-corrected chi connectivity index (χ1v) is 6.57. The summed E-state index contributed by atoms with van der Waals surface area (Å²) in [4.78, 5) is 16.2. The third kappa shape index (κ3) is 2.72. The summed E-state index contributed by atoms with van der Waals surface area (Å²) in [7, 11) is 2.14. The molecule has 0 aliphatic carbocycles. The summed E-state index contributed by atoms with van der Waals surface area (Å²) in [6.45, 7) is 5.81. The quantitative estimate of drug-likeness (QED) is 0.731. The van der Waals surface area contributed by atoms with Crippen molar-refractivity contribution >= 4 is 6.03 Å². The Bertz CT molecular complexity index is 284. The zero-order valence-corrected chi connectivity index (χ0v) is 10.9. The highest BCUT2D eigenvalue weighted by Gasteiger charge is 2.38. The molecule has 0 spiro atoms. The lowest BCUT2D eigenvalue weighted by molar-refractivity contribution is 0.199. The van der Waals surface area contributed by atoms with Gasteiger partial charge in [0, 0.05) is 19.1 Å². The van der Waals surface area contributed by atoms with Crippen molar-refractivity contribution in [1.82, 2.24) is 15.1 Å². The van der Waals surface area contributed by atoms with Gasteiger partial charge in [0.05, 0.1) is 6.04 Å². The van der Waals surface area contributed by atoms with Crippen LogP contribution in [0.5, 0.6) is 0 Å². The minimum atomic E-state index is 0.0884. The lowest BCUT2D eigenvalue weighted by atomic mass is 9.99. The number of nitrogens with one attached hydrogen (secondary N) is 1. The minimum absolute atomic E-state index is 0.0884. The van der Waals surface area contributed by atoms with E-state index in [9.17, 15) is 4.79 Å². The molecule has 3 N–H and O–H groups in total. The van der Waals surface area contributed by atoms with Gasteiger partial charge in [-0.05, 0) is 45.8 Å². The fraction of sp³-hybridized carbons (Fsp3) is 0.917. The molecule has 2 aliphatic rings. The van der Waals surface area contributed by atoms with Crippen molar-refractivity contribution < 1.29 is 4.79 Å². The number of amides is 2. The Kier molecular flexibility index (Phi) is 3.89. The normalized spacial score (nSPS) is 31.9. The first kappa shape index (κ1) is 12.6. The van der Waals surface area contributed by atoms with Gasteiger partial charge in [-0.15, -0.1) is 0 Å². The summed E-state index contributed by atoms with van der Waals surface area (Å²) in [6, 6.07) is 0.669. The van der Waals surface area contributed by atoms with Crippen molar-refractivity contribution in [3.63, 3.8) is 0 Å². The van der Waals surface area contributed by atoms with Crippen LogP contribution >= 0.6 is 0 Å². The number of carbonyl (C=O) groups is 1. The molecule has 98 valence electrons. The predicted octanol–water partition coefficient (Wildman–Crippen LogP) is 0.0692. The summed E-state index contributed by atoms with van der Waals surface area (Å²) in [5.74, 6) is 0.610. The highest BCUT2D eigenvalue weighted by Crippen LogP contribution is 2.23. The van der Waals surface area contributed by atoms with Crippen LogP contribution in [0.2, 0.25) is 0 Å². The topological polar surface area (TPSA) is 61.6 Å². The molecule has 2 saturated heterocycles. The zero-order valence-electron chi connectivity index (χ0n) is 10.9. The molecule has 0 radical (unpaired) electrons. The van der Waals surface area contributed by atoms with Gasteiger partial charge >= 0.3 is 6.03 Å². The van der Waals surface area contributed by atoms with E-state index in [1.165, 1.54) is 6.42 Å². The van der Waals surface area contributed by atoms with E-state index in [-0.39, 0.29) is 12.1 Å². The van der Waals surface area contributed by atoms with E-state index in [0.29, 0.717) is 18.5 Å². The van der Waals surface area contributed by atoms with E-state index in [1.807, 2.05) is 4.90 Å². The van der Waals surface area contributed by atoms with Crippen LogP contribution in [0.4, 0.5) is 4.79 Å². The van der Waals surface area contributed by atoms with Crippen LogP contribution in [-0.4, -0.2) is 61.1 Å². The maximum absolute atomic E-state index is 11.9. The van der Waals surface area contributed by atoms with Crippen molar-refractivity contribution in [2.75, 3.05) is 33.2 Å². The average molecular weight is 240 g/mol. The molecule has 3 unspecified atom stereocenters. The van der Waals surface area contributed by atoms with E-state index in [1.54, 1.807) is 0 Å². The molecule has 0 bridgehead atoms. The first-order chi connectivity index (χ1) is 8.11. The lowest BCUT2D eigenvalue weighted by Gasteiger charge is -2.23. The first-order valence-electron chi connectivity index (χ1n) is 6.57. The van der Waals surface area contributed by atoms with Crippen LogP contribution < -0.4 is 11.1 Å². The Hall–Kier alpha value is -0.810. The molecule has 0 aromatic carbocycles. The summed E-state index contributed by atoms with van der Waals surface area (Å²) in [6.07, 6.45) is 2.07. The monoisotopic (exact) mass is 240 g/mol. The second kappa shape index (κ2) is 5.23. The van der Waals surface area contributed by atoms with Crippen molar-refractivity contribution in [1.29, 1.82) is 0 Å². The Morgan fingerprint density at radius 1 is 1.53 bits per heavy atom. The average Bonchev–Trinajstić information content (AvgIpc) is 2.85. The Morgan fingerprint density at radius 3 is 2.88 bits per heavy atom. The molecule has 5 nitrogen and oxygen atoms in total. The molecule has 2 rings (SSSR count). The summed E-state index contributed by atoms with van der Waals surface area (Å²) >= 11 is 0. The highest BCUT2D eigenvalue weighted by atomic mass is 16.2. The summed E-state index contributed by atoms with van der Waals surface area (Å²) in [5.41, 5.74) is 5.55. The van der Waals surface area contributed by atoms with Crippen molar-refractivity contribution in [2.45, 2.75) is 31.8 Å². The number of carbonyl (C=O) groups excluding carboxylic acids is 1. The smallest absolute Gasteiger partial charge is 0.317 e. The van der Waals surface area contributed by atoms with Crippen LogP contribution in [0.25, 0.3) is 0 Å². The van der Waals surface area contributed by atoms with Crippen LogP contribution in [0.15, 0.2) is 0 Å². The Balaban J connectivity index is 1.90. The van der Waals surface area contributed by atoms with Gasteiger partial charge < -0.3 is 20.9 Å². The van der Waals surface area contributed by atoms with Gasteiger partial charge in [0.15, 0.2) is 0 Å². The van der Waals surface area contributed by atoms with Crippen LogP contribution in [0.3, 0.4) is 0 Å². The number of likely N-dealkylation sites (tertiary alicyclic amines) is 1. The molecule has 2 fully saturated rings. The van der Waals surface area contributed by atoms with E-state index >= 15 is 0 Å². The number of urea groups is 1. The molecule has 0 saturated carbocycles. The fourth-order valence-corrected chi connectivity index (χ4v) is 2.92. The third-order valence-electron chi connectivity index (χ3n) is 4.08. The van der Waals surface area contributed by atoms with E-state index in [0.717, 1.165) is 26.1 Å². The summed E-state index contributed by atoms with van der Waals surface area (Å²) in [5, 5.41) is 3.13. The lowest BCUT2D eigenvalue weighted by Crippen LogP contribution is -2.37. The van der Waals surface area contributed by atoms with E-state index < -0.39 is 0 Å². The molecular weight excluding hydrogens is 216 g/mol. The molecule has 0 aromatic heterocycles. The fourth-order valence-electron chi connectivity index (χ4n) is 2.92. The molecule has 5 heteroatoms. The number of hydrogen-bond acceptors (Lipinski definition) is 3. The number of nitrogens with two attached hydrogens (primary N) is 1. The number of nitrogens with zero attached hydrogens (tertiary/aromatic N) is 2. The second-order valence-electron chi connectivity index (χ2n) is 5.45. The van der Waals surface area contributed by atoms with Crippen molar-refractivity contribution in [3.8, 4) is 0 Å². The van der Waals surface area contributed by atoms with Gasteiger partial charge in [0.25, 0.3) is 0 Å². The second-order valence-corrected chi connectivity index (χ2v) is 5.45. The van der Waals surface area contributed by atoms with Gasteiger partial charge in [-0.2, -0.15) is 0 Å². The van der Waals surface area contributed by atoms with Gasteiger partial charge in [-0.25, -0.2) is 4.79 Å².